The number of unbranched alkanes of at least 4 members (excludes halogenated alkanes) is 1. The summed E-state index contributed by atoms with van der Waals surface area (Å²) in [7, 11) is -3.83. The second-order valence-corrected chi connectivity index (χ2v) is 12.6. The van der Waals surface area contributed by atoms with E-state index in [1.165, 1.54) is 28.8 Å². The van der Waals surface area contributed by atoms with Crippen molar-refractivity contribution in [2.75, 3.05) is 0 Å². The van der Waals surface area contributed by atoms with Gasteiger partial charge in [0.15, 0.2) is 5.76 Å². The Kier molecular flexibility index (Phi) is 9.05. The van der Waals surface area contributed by atoms with Gasteiger partial charge in [-0.1, -0.05) is 53.7 Å². The summed E-state index contributed by atoms with van der Waals surface area (Å²) in [6.45, 7) is -0.134. The van der Waals surface area contributed by atoms with E-state index in [2.05, 4.69) is 9.88 Å². The van der Waals surface area contributed by atoms with Crippen LogP contribution >= 0.6 is 0 Å². The molecular weight excluding hydrogens is 623 g/mol. The van der Waals surface area contributed by atoms with E-state index in [1.54, 1.807) is 48.5 Å². The SMILES string of the molecule is O=C(O)CCCCc1nc2cc(-c3cc(CNS(=O)(=O)c4ccc(-c5ccccc5)cc4)on3)ccc2c(=O)n1-c1ccc(F)cc1. The molecule has 0 amide bonds. The van der Waals surface area contributed by atoms with Crippen LogP contribution in [0.5, 0.6) is 0 Å². The molecule has 0 saturated carbocycles. The Balaban J connectivity index is 1.22. The number of nitrogens with one attached hydrogen (secondary N) is 1. The van der Waals surface area contributed by atoms with Crippen LogP contribution in [0.3, 0.4) is 0 Å². The van der Waals surface area contributed by atoms with Crippen molar-refractivity contribution in [1.29, 1.82) is 0 Å². The van der Waals surface area contributed by atoms with Gasteiger partial charge in [-0.2, -0.15) is 0 Å². The van der Waals surface area contributed by atoms with Crippen molar-refractivity contribution in [2.24, 2.45) is 0 Å². The molecule has 47 heavy (non-hydrogen) atoms. The lowest BCUT2D eigenvalue weighted by Crippen LogP contribution is -2.24. The number of hydrogen-bond acceptors (Lipinski definition) is 7. The highest BCUT2D eigenvalue weighted by Gasteiger charge is 2.18. The topological polar surface area (TPSA) is 144 Å². The van der Waals surface area contributed by atoms with Crippen molar-refractivity contribution >= 4 is 26.9 Å². The molecule has 0 saturated heterocycles. The molecule has 0 bridgehead atoms. The average Bonchev–Trinajstić information content (AvgIpc) is 3.56. The summed E-state index contributed by atoms with van der Waals surface area (Å²) in [6, 6.07) is 28.3. The van der Waals surface area contributed by atoms with E-state index < -0.39 is 21.8 Å². The quantitative estimate of drug-likeness (QED) is 0.151. The van der Waals surface area contributed by atoms with E-state index >= 15 is 0 Å². The van der Waals surface area contributed by atoms with Gasteiger partial charge in [-0.15, -0.1) is 0 Å². The van der Waals surface area contributed by atoms with Crippen molar-refractivity contribution < 1.29 is 27.2 Å². The van der Waals surface area contributed by atoms with Crippen molar-refractivity contribution in [3.8, 4) is 28.1 Å². The number of halogens is 1. The van der Waals surface area contributed by atoms with E-state index in [0.717, 1.165) is 11.1 Å². The predicted octanol–water partition coefficient (Wildman–Crippen LogP) is 6.12. The second-order valence-electron chi connectivity index (χ2n) is 10.9. The number of carbonyl (C=O) groups is 1. The third-order valence-corrected chi connectivity index (χ3v) is 9.04. The largest absolute Gasteiger partial charge is 0.481 e. The van der Waals surface area contributed by atoms with Gasteiger partial charge in [-0.3, -0.25) is 14.2 Å². The summed E-state index contributed by atoms with van der Waals surface area (Å²) < 4.78 is 48.9. The second kappa shape index (κ2) is 13.5. The molecular formula is C35H29FN4O6S. The van der Waals surface area contributed by atoms with Crippen molar-refractivity contribution in [3.05, 3.63) is 131 Å². The van der Waals surface area contributed by atoms with Crippen LogP contribution in [-0.4, -0.2) is 34.2 Å². The zero-order valence-electron chi connectivity index (χ0n) is 25.0. The van der Waals surface area contributed by atoms with Crippen LogP contribution in [0.15, 0.2) is 117 Å². The standard InChI is InChI=1S/C35H29FN4O6S/c36-26-13-15-27(16-14-26)40-33(8-4-5-9-34(41)42)38-32-20-25(12-19-30(32)35(40)43)31-21-28(46-39-31)22-37-47(44,45)29-17-10-24(11-18-29)23-6-2-1-3-7-23/h1-3,6-7,10-21,37H,4-5,8-9,22H2,(H,41,42). The number of aliphatic carboxylic acids is 1. The molecule has 0 fully saturated rings. The zero-order chi connectivity index (χ0) is 33.0. The van der Waals surface area contributed by atoms with E-state index in [4.69, 9.17) is 14.6 Å². The summed E-state index contributed by atoms with van der Waals surface area (Å²) >= 11 is 0. The fraction of sp³-hybridized carbons (Fsp3) is 0.143. The molecule has 2 heterocycles. The van der Waals surface area contributed by atoms with E-state index in [-0.39, 0.29) is 29.2 Å². The molecule has 0 radical (unpaired) electrons. The van der Waals surface area contributed by atoms with Crippen LogP contribution in [-0.2, 0) is 27.8 Å². The van der Waals surface area contributed by atoms with Gasteiger partial charge in [0.2, 0.25) is 10.0 Å². The van der Waals surface area contributed by atoms with Crippen molar-refractivity contribution in [2.45, 2.75) is 37.1 Å². The molecule has 2 aromatic heterocycles. The molecule has 0 aliphatic heterocycles. The minimum atomic E-state index is -3.83. The average molecular weight is 653 g/mol. The Bertz CT molecular complexity index is 2220. The number of hydrogen-bond donors (Lipinski definition) is 2. The molecule has 10 nitrogen and oxygen atoms in total. The van der Waals surface area contributed by atoms with Crippen LogP contribution in [0.1, 0.15) is 30.8 Å². The number of nitrogens with zero attached hydrogens (tertiary/aromatic N) is 3. The maximum atomic E-state index is 13.7. The summed E-state index contributed by atoms with van der Waals surface area (Å²) in [4.78, 5) is 29.5. The molecule has 12 heteroatoms. The lowest BCUT2D eigenvalue weighted by molar-refractivity contribution is -0.137. The first-order valence-electron chi connectivity index (χ1n) is 14.8. The van der Waals surface area contributed by atoms with E-state index in [1.807, 2.05) is 30.3 Å². The highest BCUT2D eigenvalue weighted by molar-refractivity contribution is 7.89. The normalized spacial score (nSPS) is 11.6. The summed E-state index contributed by atoms with van der Waals surface area (Å²) in [5, 5.41) is 13.4. The Morgan fingerprint density at radius 2 is 1.57 bits per heavy atom. The number of aryl methyl sites for hydroxylation is 1. The predicted molar refractivity (Wildman–Crippen MR) is 174 cm³/mol. The van der Waals surface area contributed by atoms with E-state index in [9.17, 15) is 22.4 Å². The van der Waals surface area contributed by atoms with Gasteiger partial charge in [0.05, 0.1) is 28.0 Å². The molecule has 0 spiro atoms. The molecule has 4 aromatic carbocycles. The maximum absolute atomic E-state index is 13.7. The van der Waals surface area contributed by atoms with Crippen molar-refractivity contribution in [1.82, 2.24) is 19.4 Å². The number of fused-ring (bicyclic) bond motifs is 1. The molecule has 0 aliphatic rings. The van der Waals surface area contributed by atoms with Gasteiger partial charge in [0, 0.05) is 24.5 Å². The van der Waals surface area contributed by atoms with Crippen molar-refractivity contribution in [3.63, 3.8) is 0 Å². The summed E-state index contributed by atoms with van der Waals surface area (Å²) in [5.74, 6) is -0.665. The molecule has 238 valence electrons. The number of carboxylic acid groups (broad SMARTS) is 1. The molecule has 6 rings (SSSR count). The Hall–Kier alpha value is -5.46. The highest BCUT2D eigenvalue weighted by Crippen LogP contribution is 2.25. The van der Waals surface area contributed by atoms with Gasteiger partial charge < -0.3 is 9.63 Å². The molecule has 2 N–H and O–H groups in total. The molecule has 0 aliphatic carbocycles. The highest BCUT2D eigenvalue weighted by atomic mass is 32.2. The van der Waals surface area contributed by atoms with Gasteiger partial charge in [-0.25, -0.2) is 22.5 Å². The smallest absolute Gasteiger partial charge is 0.303 e. The van der Waals surface area contributed by atoms with Crippen LogP contribution in [0.2, 0.25) is 0 Å². The maximum Gasteiger partial charge on any atom is 0.303 e. The summed E-state index contributed by atoms with van der Waals surface area (Å²) in [6.07, 6.45) is 1.19. The molecule has 6 aromatic rings. The Morgan fingerprint density at radius 1 is 0.872 bits per heavy atom. The minimum absolute atomic E-state index is 0.0102. The summed E-state index contributed by atoms with van der Waals surface area (Å²) in [5.41, 5.74) is 3.37. The Labute approximate surface area is 269 Å². The number of aromatic nitrogens is 3. The van der Waals surface area contributed by atoms with Crippen LogP contribution in [0, 0.1) is 5.82 Å². The third-order valence-electron chi connectivity index (χ3n) is 7.63. The first kappa shape index (κ1) is 31.5. The monoisotopic (exact) mass is 652 g/mol. The lowest BCUT2D eigenvalue weighted by atomic mass is 10.1. The van der Waals surface area contributed by atoms with Crippen LogP contribution < -0.4 is 10.3 Å². The number of benzene rings is 4. The zero-order valence-corrected chi connectivity index (χ0v) is 25.8. The fourth-order valence-corrected chi connectivity index (χ4v) is 6.21. The van der Waals surface area contributed by atoms with Gasteiger partial charge in [-0.05, 0) is 72.5 Å². The lowest BCUT2D eigenvalue weighted by Gasteiger charge is -2.14. The first-order chi connectivity index (χ1) is 22.7. The van der Waals surface area contributed by atoms with Gasteiger partial charge >= 0.3 is 5.97 Å². The van der Waals surface area contributed by atoms with Crippen LogP contribution in [0.4, 0.5) is 4.39 Å². The fourth-order valence-electron chi connectivity index (χ4n) is 5.21. The van der Waals surface area contributed by atoms with Gasteiger partial charge in [0.1, 0.15) is 17.3 Å². The number of carboxylic acids is 1. The third kappa shape index (κ3) is 7.19. The number of sulfonamides is 1. The number of rotatable bonds is 12. The van der Waals surface area contributed by atoms with Gasteiger partial charge in [0.25, 0.3) is 5.56 Å². The van der Waals surface area contributed by atoms with E-state index in [0.29, 0.717) is 52.9 Å². The minimum Gasteiger partial charge on any atom is -0.481 e. The Morgan fingerprint density at radius 3 is 2.30 bits per heavy atom. The molecule has 0 atom stereocenters. The first-order valence-corrected chi connectivity index (χ1v) is 16.3. The van der Waals surface area contributed by atoms with Crippen LogP contribution in [0.25, 0.3) is 39.0 Å². The molecule has 0 unspecified atom stereocenters.